The van der Waals surface area contributed by atoms with Crippen molar-refractivity contribution in [3.05, 3.63) is 48.4 Å². The molecule has 5 nitrogen and oxygen atoms in total. The Morgan fingerprint density at radius 2 is 2.40 bits per heavy atom. The topological polar surface area (TPSA) is 58.4 Å². The molecule has 2 aromatic rings. The van der Waals surface area contributed by atoms with Crippen molar-refractivity contribution in [3.63, 3.8) is 0 Å². The number of likely N-dealkylation sites (tertiary alicyclic amines) is 1. The second kappa shape index (κ2) is 5.32. The molecule has 1 N–H and O–H groups in total. The number of furan rings is 1. The van der Waals surface area contributed by atoms with E-state index in [4.69, 9.17) is 4.42 Å². The molecule has 2 amide bonds. The van der Waals surface area contributed by atoms with Gasteiger partial charge in [0.05, 0.1) is 24.2 Å². The van der Waals surface area contributed by atoms with E-state index in [2.05, 4.69) is 10.3 Å². The summed E-state index contributed by atoms with van der Waals surface area (Å²) in [5, 5.41) is 2.57. The van der Waals surface area contributed by atoms with Crippen LogP contribution in [-0.4, -0.2) is 22.5 Å². The summed E-state index contributed by atoms with van der Waals surface area (Å²) in [7, 11) is 0. The van der Waals surface area contributed by atoms with Gasteiger partial charge in [0, 0.05) is 12.7 Å². The molecule has 2 aromatic heterocycles. The maximum absolute atomic E-state index is 13.5. The number of hydrogen-bond donors (Lipinski definition) is 1. The molecule has 104 valence electrons. The third-order valence-corrected chi connectivity index (χ3v) is 3.40. The number of nitrogens with zero attached hydrogens (tertiary/aromatic N) is 2. The van der Waals surface area contributed by atoms with Crippen LogP contribution in [-0.2, 0) is 0 Å². The first-order chi connectivity index (χ1) is 9.75. The number of anilines is 1. The monoisotopic (exact) mass is 275 g/mol. The summed E-state index contributed by atoms with van der Waals surface area (Å²) in [4.78, 5) is 17.6. The highest BCUT2D eigenvalue weighted by Crippen LogP contribution is 2.32. The second-order valence-electron chi connectivity index (χ2n) is 4.65. The van der Waals surface area contributed by atoms with E-state index in [1.807, 2.05) is 6.07 Å². The normalized spacial score (nSPS) is 18.2. The number of pyridine rings is 1. The summed E-state index contributed by atoms with van der Waals surface area (Å²) in [6.07, 6.45) is 5.85. The SMILES string of the molecule is O=C(Nc1ccncc1F)N1CCC[C@H]1c1ccco1. The molecule has 6 heteroatoms. The van der Waals surface area contributed by atoms with Crippen LogP contribution in [0.5, 0.6) is 0 Å². The molecule has 0 radical (unpaired) electrons. The van der Waals surface area contributed by atoms with Gasteiger partial charge in [-0.05, 0) is 31.0 Å². The summed E-state index contributed by atoms with van der Waals surface area (Å²) < 4.78 is 18.9. The third-order valence-electron chi connectivity index (χ3n) is 3.40. The molecule has 0 bridgehead atoms. The summed E-state index contributed by atoms with van der Waals surface area (Å²) in [6, 6.07) is 4.67. The van der Waals surface area contributed by atoms with Crippen LogP contribution in [0.25, 0.3) is 0 Å². The zero-order valence-electron chi connectivity index (χ0n) is 10.8. The Morgan fingerprint density at radius 1 is 1.50 bits per heavy atom. The van der Waals surface area contributed by atoms with Crippen molar-refractivity contribution < 1.29 is 13.6 Å². The number of halogens is 1. The summed E-state index contributed by atoms with van der Waals surface area (Å²) in [6.45, 7) is 0.629. The molecule has 0 aliphatic carbocycles. The average Bonchev–Trinajstić information content (AvgIpc) is 3.11. The molecule has 3 heterocycles. The lowest BCUT2D eigenvalue weighted by atomic mass is 10.2. The minimum absolute atomic E-state index is 0.0881. The zero-order valence-corrected chi connectivity index (χ0v) is 10.8. The van der Waals surface area contributed by atoms with E-state index >= 15 is 0 Å². The number of carbonyl (C=O) groups excluding carboxylic acids is 1. The van der Waals surface area contributed by atoms with Crippen molar-refractivity contribution in [2.75, 3.05) is 11.9 Å². The van der Waals surface area contributed by atoms with Gasteiger partial charge in [-0.15, -0.1) is 0 Å². The van der Waals surface area contributed by atoms with E-state index in [9.17, 15) is 9.18 Å². The smallest absolute Gasteiger partial charge is 0.322 e. The van der Waals surface area contributed by atoms with Crippen molar-refractivity contribution in [2.24, 2.45) is 0 Å². The minimum Gasteiger partial charge on any atom is -0.467 e. The Labute approximate surface area is 115 Å². The number of aromatic nitrogens is 1. The van der Waals surface area contributed by atoms with E-state index in [0.29, 0.717) is 6.54 Å². The molecule has 1 atom stereocenters. The number of carbonyl (C=O) groups is 1. The van der Waals surface area contributed by atoms with E-state index < -0.39 is 5.82 Å². The van der Waals surface area contributed by atoms with Crippen LogP contribution >= 0.6 is 0 Å². The standard InChI is InChI=1S/C14H14FN3O2/c15-10-9-16-6-5-11(10)17-14(19)18-7-1-3-12(18)13-4-2-8-20-13/h2,4-6,8-9,12H,1,3,7H2,(H,16,17,19)/t12-/m0/s1. The van der Waals surface area contributed by atoms with Crippen LogP contribution in [0.3, 0.4) is 0 Å². The molecular weight excluding hydrogens is 261 g/mol. The van der Waals surface area contributed by atoms with Gasteiger partial charge in [-0.25, -0.2) is 9.18 Å². The number of amides is 2. The fraction of sp³-hybridized carbons (Fsp3) is 0.286. The predicted octanol–water partition coefficient (Wildman–Crippen LogP) is 3.18. The van der Waals surface area contributed by atoms with Gasteiger partial charge < -0.3 is 14.6 Å². The first kappa shape index (κ1) is 12.7. The first-order valence-electron chi connectivity index (χ1n) is 6.46. The van der Waals surface area contributed by atoms with E-state index in [0.717, 1.165) is 24.8 Å². The Kier molecular flexibility index (Phi) is 3.37. The zero-order chi connectivity index (χ0) is 13.9. The van der Waals surface area contributed by atoms with E-state index in [1.165, 1.54) is 12.3 Å². The molecule has 0 spiro atoms. The second-order valence-corrected chi connectivity index (χ2v) is 4.65. The Balaban J connectivity index is 1.75. The lowest BCUT2D eigenvalue weighted by Crippen LogP contribution is -2.34. The van der Waals surface area contributed by atoms with Gasteiger partial charge in [0.15, 0.2) is 5.82 Å². The predicted molar refractivity (Wildman–Crippen MR) is 70.6 cm³/mol. The highest BCUT2D eigenvalue weighted by molar-refractivity contribution is 5.89. The molecular formula is C14H14FN3O2. The number of hydrogen-bond acceptors (Lipinski definition) is 3. The Hall–Kier alpha value is -2.37. The minimum atomic E-state index is -0.547. The van der Waals surface area contributed by atoms with Crippen LogP contribution < -0.4 is 5.32 Å². The molecule has 1 fully saturated rings. The van der Waals surface area contributed by atoms with Crippen molar-refractivity contribution >= 4 is 11.7 Å². The van der Waals surface area contributed by atoms with Crippen molar-refractivity contribution in [1.29, 1.82) is 0 Å². The van der Waals surface area contributed by atoms with Crippen LogP contribution in [0.15, 0.2) is 41.3 Å². The lowest BCUT2D eigenvalue weighted by Gasteiger charge is -2.23. The van der Waals surface area contributed by atoms with Crippen LogP contribution in [0.4, 0.5) is 14.9 Å². The Morgan fingerprint density at radius 3 is 3.15 bits per heavy atom. The van der Waals surface area contributed by atoms with Gasteiger partial charge in [0.1, 0.15) is 5.76 Å². The molecule has 1 aliphatic rings. The summed E-state index contributed by atoms with van der Waals surface area (Å²) in [5.41, 5.74) is 0.134. The highest BCUT2D eigenvalue weighted by Gasteiger charge is 2.32. The highest BCUT2D eigenvalue weighted by atomic mass is 19.1. The first-order valence-corrected chi connectivity index (χ1v) is 6.46. The largest absolute Gasteiger partial charge is 0.467 e. The fourth-order valence-electron chi connectivity index (χ4n) is 2.45. The maximum Gasteiger partial charge on any atom is 0.322 e. The van der Waals surface area contributed by atoms with Crippen LogP contribution in [0.1, 0.15) is 24.6 Å². The summed E-state index contributed by atoms with van der Waals surface area (Å²) >= 11 is 0. The fourth-order valence-corrected chi connectivity index (χ4v) is 2.45. The lowest BCUT2D eigenvalue weighted by molar-refractivity contribution is 0.199. The molecule has 3 rings (SSSR count). The van der Waals surface area contributed by atoms with Crippen molar-refractivity contribution in [1.82, 2.24) is 9.88 Å². The van der Waals surface area contributed by atoms with Gasteiger partial charge in [-0.2, -0.15) is 0 Å². The van der Waals surface area contributed by atoms with Gasteiger partial charge >= 0.3 is 6.03 Å². The molecule has 1 saturated heterocycles. The molecule has 0 aromatic carbocycles. The van der Waals surface area contributed by atoms with Crippen molar-refractivity contribution in [2.45, 2.75) is 18.9 Å². The number of urea groups is 1. The third kappa shape index (κ3) is 2.36. The number of rotatable bonds is 2. The Bertz CT molecular complexity index is 600. The summed E-state index contributed by atoms with van der Waals surface area (Å²) in [5.74, 6) is 0.211. The van der Waals surface area contributed by atoms with Gasteiger partial charge in [-0.1, -0.05) is 0 Å². The molecule has 0 saturated carbocycles. The average molecular weight is 275 g/mol. The van der Waals surface area contributed by atoms with E-state index in [-0.39, 0.29) is 17.8 Å². The number of nitrogens with one attached hydrogen (secondary N) is 1. The van der Waals surface area contributed by atoms with E-state index in [1.54, 1.807) is 17.2 Å². The van der Waals surface area contributed by atoms with Gasteiger partial charge in [-0.3, -0.25) is 4.98 Å². The van der Waals surface area contributed by atoms with Crippen LogP contribution in [0.2, 0.25) is 0 Å². The van der Waals surface area contributed by atoms with Gasteiger partial charge in [0.25, 0.3) is 0 Å². The molecule has 0 unspecified atom stereocenters. The van der Waals surface area contributed by atoms with Gasteiger partial charge in [0.2, 0.25) is 0 Å². The van der Waals surface area contributed by atoms with Crippen molar-refractivity contribution in [3.8, 4) is 0 Å². The quantitative estimate of drug-likeness (QED) is 0.915. The molecule has 1 aliphatic heterocycles. The van der Waals surface area contributed by atoms with Crippen LogP contribution in [0, 0.1) is 5.82 Å². The molecule has 20 heavy (non-hydrogen) atoms. The maximum atomic E-state index is 13.5.